The van der Waals surface area contributed by atoms with Gasteiger partial charge in [-0.2, -0.15) is 0 Å². The van der Waals surface area contributed by atoms with Crippen molar-refractivity contribution in [1.29, 1.82) is 0 Å². The highest BCUT2D eigenvalue weighted by atomic mass is 19.1. The van der Waals surface area contributed by atoms with Crippen LogP contribution < -0.4 is 15.5 Å². The Morgan fingerprint density at radius 3 is 2.35 bits per heavy atom. The molecule has 14 heteroatoms. The molecule has 3 fully saturated rings. The second-order valence-corrected chi connectivity index (χ2v) is 14.8. The number of benzene rings is 2. The Labute approximate surface area is 299 Å². The van der Waals surface area contributed by atoms with Crippen molar-refractivity contribution in [2.75, 3.05) is 64.2 Å². The Kier molecular flexibility index (Phi) is 8.83. The number of fused-ring (bicyclic) bond motifs is 3. The summed E-state index contributed by atoms with van der Waals surface area (Å²) in [4.78, 5) is 75.4. The third-order valence-corrected chi connectivity index (χ3v) is 11.4. The monoisotopic (exact) mass is 715 g/mol. The van der Waals surface area contributed by atoms with E-state index in [1.807, 2.05) is 11.0 Å². The van der Waals surface area contributed by atoms with Crippen LogP contribution in [0.15, 0.2) is 46.9 Å². The number of primary amides is 1. The Morgan fingerprint density at radius 1 is 1.02 bits per heavy atom. The third-order valence-electron chi connectivity index (χ3n) is 11.4. The average Bonchev–Trinajstić information content (AvgIpc) is 3.54. The highest BCUT2D eigenvalue weighted by molar-refractivity contribution is 6.32. The smallest absolute Gasteiger partial charge is 0.235 e. The van der Waals surface area contributed by atoms with E-state index in [2.05, 4.69) is 4.90 Å². The number of hydrogen-bond donors (Lipinski definition) is 3. The fraction of sp³-hybridized carbons (Fsp3) is 0.447. The summed E-state index contributed by atoms with van der Waals surface area (Å²) >= 11 is 0. The van der Waals surface area contributed by atoms with Gasteiger partial charge in [0.1, 0.15) is 23.1 Å². The number of hydrogen-bond acceptors (Lipinski definition) is 12. The zero-order chi connectivity index (χ0) is 37.4. The molecule has 3 aromatic rings. The topological polar surface area (TPSA) is 178 Å². The van der Waals surface area contributed by atoms with Gasteiger partial charge >= 0.3 is 0 Å². The normalized spacial score (nSPS) is 27.8. The van der Waals surface area contributed by atoms with Gasteiger partial charge in [-0.3, -0.25) is 33.8 Å². The van der Waals surface area contributed by atoms with Gasteiger partial charge in [-0.05, 0) is 68.8 Å². The molecule has 1 amide bonds. The van der Waals surface area contributed by atoms with Gasteiger partial charge in [0.15, 0.2) is 34.7 Å². The quantitative estimate of drug-likeness (QED) is 0.302. The molecule has 4 N–H and O–H groups in total. The number of carbonyl (C=O) groups is 5. The van der Waals surface area contributed by atoms with E-state index >= 15 is 0 Å². The number of nitrogens with zero attached hydrogens (tertiary/aromatic N) is 4. The third kappa shape index (κ3) is 5.42. The summed E-state index contributed by atoms with van der Waals surface area (Å²) < 4.78 is 20.5. The number of anilines is 2. The molecule has 3 aliphatic carbocycles. The van der Waals surface area contributed by atoms with Crippen LogP contribution in [-0.4, -0.2) is 115 Å². The van der Waals surface area contributed by atoms with Crippen molar-refractivity contribution in [3.63, 3.8) is 0 Å². The zero-order valence-corrected chi connectivity index (χ0v) is 29.5. The van der Waals surface area contributed by atoms with Crippen LogP contribution >= 0.6 is 0 Å². The first-order valence-corrected chi connectivity index (χ1v) is 17.4. The van der Waals surface area contributed by atoms with E-state index in [9.17, 15) is 38.6 Å². The number of aliphatic hydroxyl groups is 1. The number of nitrogens with two attached hydrogens (primary N) is 1. The molecular weight excluding hydrogens is 673 g/mol. The van der Waals surface area contributed by atoms with E-state index in [0.29, 0.717) is 61.2 Å². The molecule has 0 radical (unpaired) electrons. The van der Waals surface area contributed by atoms with E-state index in [1.165, 1.54) is 11.0 Å². The van der Waals surface area contributed by atoms with Gasteiger partial charge in [-0.1, -0.05) is 12.1 Å². The van der Waals surface area contributed by atoms with E-state index in [1.54, 1.807) is 63.4 Å². The Balaban J connectivity index is 1.19. The van der Waals surface area contributed by atoms with Crippen LogP contribution in [0.4, 0.5) is 15.8 Å². The number of aromatic hydroxyl groups is 1. The molecule has 2 aromatic carbocycles. The Hall–Kier alpha value is -4.92. The summed E-state index contributed by atoms with van der Waals surface area (Å²) in [5, 5.41) is 23.7. The number of carbonyl (C=O) groups excluding carboxylic acids is 5. The summed E-state index contributed by atoms with van der Waals surface area (Å²) in [6.07, 6.45) is 0.116. The number of likely N-dealkylation sites (N-methyl/N-ethyl adjacent to an activating group) is 1. The number of rotatable bonds is 7. The van der Waals surface area contributed by atoms with Gasteiger partial charge in [0.2, 0.25) is 5.91 Å². The fourth-order valence-electron chi connectivity index (χ4n) is 8.92. The lowest BCUT2D eigenvalue weighted by Crippen LogP contribution is -2.74. The second-order valence-electron chi connectivity index (χ2n) is 14.8. The van der Waals surface area contributed by atoms with Crippen LogP contribution in [0.25, 0.3) is 11.3 Å². The first-order valence-electron chi connectivity index (χ1n) is 17.4. The summed E-state index contributed by atoms with van der Waals surface area (Å²) in [5.74, 6) is -10.4. The molecule has 7 rings (SSSR count). The maximum Gasteiger partial charge on any atom is 0.235 e. The highest BCUT2D eigenvalue weighted by Gasteiger charge is 2.69. The molecule has 2 unspecified atom stereocenters. The van der Waals surface area contributed by atoms with Crippen LogP contribution in [0.1, 0.15) is 28.1 Å². The molecule has 274 valence electrons. The number of amides is 1. The van der Waals surface area contributed by atoms with Crippen molar-refractivity contribution in [1.82, 2.24) is 9.80 Å². The number of para-hydroxylation sites is 1. The van der Waals surface area contributed by atoms with Crippen LogP contribution in [0.5, 0.6) is 5.75 Å². The predicted octanol–water partition coefficient (Wildman–Crippen LogP) is 1.65. The molecule has 13 nitrogen and oxygen atoms in total. The minimum Gasteiger partial charge on any atom is -0.506 e. The van der Waals surface area contributed by atoms with Crippen molar-refractivity contribution in [3.8, 4) is 17.1 Å². The standard InChI is InChI=1S/C38H42FN5O8/c1-41(2)26-17-22(27-10-9-20(52-27)18-43-11-13-44(14-12-43)25-8-6-5-7-24(25)39)32(45)29-21(26)15-19-16-23-31(42(3)4)34(47)30(37(40)50)36(49)38(23,51)35(48)28(19)33(29)46/h5-10,17,19,23,28,30-31,45,51H,11-16,18H2,1-4H3,(H2,40,50)/t19-,23-,28?,30?,31-,38-/m1/s1. The molecule has 4 aliphatic rings. The molecule has 1 aliphatic heterocycles. The number of piperazine rings is 1. The number of ketones is 4. The zero-order valence-electron chi connectivity index (χ0n) is 29.5. The van der Waals surface area contributed by atoms with Gasteiger partial charge in [0, 0.05) is 51.9 Å². The minimum absolute atomic E-state index is 0.0324. The minimum atomic E-state index is -2.80. The molecule has 0 bridgehead atoms. The summed E-state index contributed by atoms with van der Waals surface area (Å²) in [6.45, 7) is 3.07. The fourth-order valence-corrected chi connectivity index (χ4v) is 8.92. The van der Waals surface area contributed by atoms with Gasteiger partial charge in [-0.25, -0.2) is 4.39 Å². The van der Waals surface area contributed by atoms with Crippen LogP contribution in [0.3, 0.4) is 0 Å². The van der Waals surface area contributed by atoms with Crippen molar-refractivity contribution in [2.24, 2.45) is 29.4 Å². The number of furan rings is 1. The lowest BCUT2D eigenvalue weighted by Gasteiger charge is -2.52. The molecule has 6 atom stereocenters. The Morgan fingerprint density at radius 2 is 1.71 bits per heavy atom. The van der Waals surface area contributed by atoms with Crippen molar-refractivity contribution >= 4 is 40.4 Å². The summed E-state index contributed by atoms with van der Waals surface area (Å²) in [5.41, 5.74) is 4.43. The van der Waals surface area contributed by atoms with E-state index < -0.39 is 70.1 Å². The summed E-state index contributed by atoms with van der Waals surface area (Å²) in [6, 6.07) is 10.7. The molecule has 52 heavy (non-hydrogen) atoms. The van der Waals surface area contributed by atoms with Crippen LogP contribution in [0, 0.1) is 29.5 Å². The van der Waals surface area contributed by atoms with Gasteiger partial charge in [0.25, 0.3) is 0 Å². The van der Waals surface area contributed by atoms with Crippen LogP contribution in [0.2, 0.25) is 0 Å². The van der Waals surface area contributed by atoms with Gasteiger partial charge in [-0.15, -0.1) is 0 Å². The van der Waals surface area contributed by atoms with Crippen molar-refractivity contribution < 1.29 is 43.0 Å². The van der Waals surface area contributed by atoms with Crippen LogP contribution in [-0.2, 0) is 32.1 Å². The molecular formula is C38H42FN5O8. The SMILES string of the molecule is CN(C)c1cc(-c2ccc(CN3CCN(c4ccccc4F)CC3)o2)c(O)c2c1C[C@@H]1C[C@@H]3[C@@H](N(C)C)C(=O)C(C(N)=O)C(=O)[C@]3(O)C(=O)C1C2=O. The predicted molar refractivity (Wildman–Crippen MR) is 187 cm³/mol. The van der Waals surface area contributed by atoms with Gasteiger partial charge in [0.05, 0.1) is 35.3 Å². The number of phenols is 1. The maximum absolute atomic E-state index is 14.4. The molecule has 0 spiro atoms. The molecule has 2 saturated carbocycles. The highest BCUT2D eigenvalue weighted by Crippen LogP contribution is 2.53. The molecule has 1 saturated heterocycles. The largest absolute Gasteiger partial charge is 0.506 e. The molecule has 1 aromatic heterocycles. The van der Waals surface area contributed by atoms with Gasteiger partial charge < -0.3 is 30.2 Å². The number of phenolic OH excluding ortho intramolecular Hbond substituents is 1. The number of Topliss-reactive ketones (excluding diaryl/α,β-unsaturated/α-hetero) is 4. The Bertz CT molecular complexity index is 2000. The van der Waals surface area contributed by atoms with E-state index in [0.717, 1.165) is 0 Å². The first kappa shape index (κ1) is 35.5. The summed E-state index contributed by atoms with van der Waals surface area (Å²) in [7, 11) is 6.67. The number of halogens is 1. The van der Waals surface area contributed by atoms with E-state index in [4.69, 9.17) is 10.2 Å². The average molecular weight is 716 g/mol. The molecule has 2 heterocycles. The first-order chi connectivity index (χ1) is 24.6. The lowest BCUT2D eigenvalue weighted by molar-refractivity contribution is -0.181. The van der Waals surface area contributed by atoms with Crippen molar-refractivity contribution in [3.05, 3.63) is 65.2 Å². The maximum atomic E-state index is 14.4. The lowest BCUT2D eigenvalue weighted by atomic mass is 9.52. The van der Waals surface area contributed by atoms with Crippen molar-refractivity contribution in [2.45, 2.75) is 31.0 Å². The van der Waals surface area contributed by atoms with E-state index in [-0.39, 0.29) is 29.8 Å². The second kappa shape index (κ2) is 12.9.